The first-order chi connectivity index (χ1) is 9.09. The van der Waals surface area contributed by atoms with E-state index in [9.17, 15) is 4.79 Å². The van der Waals surface area contributed by atoms with Gasteiger partial charge in [0.2, 0.25) is 5.12 Å². The number of carbonyl (C=O) groups is 1. The van der Waals surface area contributed by atoms with Crippen LogP contribution in [0.25, 0.3) is 0 Å². The fraction of sp³-hybridized carbons (Fsp3) is 0.588. The van der Waals surface area contributed by atoms with Gasteiger partial charge in [-0.25, -0.2) is 0 Å². The second-order valence-corrected chi connectivity index (χ2v) is 7.66. The summed E-state index contributed by atoms with van der Waals surface area (Å²) >= 11 is 1.53. The van der Waals surface area contributed by atoms with E-state index >= 15 is 0 Å². The minimum Gasteiger partial charge on any atom is -0.282 e. The molecule has 19 heavy (non-hydrogen) atoms. The number of carbonyl (C=O) groups excluding carboxylic acids is 1. The van der Waals surface area contributed by atoms with Gasteiger partial charge in [0.15, 0.2) is 0 Å². The van der Waals surface area contributed by atoms with E-state index in [1.807, 2.05) is 30.3 Å². The first-order valence-corrected chi connectivity index (χ1v) is 8.30. The molecule has 0 saturated heterocycles. The van der Waals surface area contributed by atoms with E-state index in [4.69, 9.17) is 0 Å². The first-order valence-electron chi connectivity index (χ1n) is 7.31. The van der Waals surface area contributed by atoms with Gasteiger partial charge in [0, 0.05) is 11.3 Å². The van der Waals surface area contributed by atoms with Crippen molar-refractivity contribution < 1.29 is 4.79 Å². The fourth-order valence-electron chi connectivity index (χ4n) is 4.14. The van der Waals surface area contributed by atoms with Crippen molar-refractivity contribution in [2.75, 3.05) is 5.75 Å². The molecule has 0 aromatic heterocycles. The molecular weight excluding hydrogens is 252 g/mol. The molecule has 1 aromatic rings. The first kappa shape index (κ1) is 13.2. The van der Waals surface area contributed by atoms with Crippen molar-refractivity contribution >= 4 is 16.9 Å². The van der Waals surface area contributed by atoms with Crippen LogP contribution in [-0.2, 0) is 0 Å². The summed E-state index contributed by atoms with van der Waals surface area (Å²) in [5, 5.41) is 0.235. The van der Waals surface area contributed by atoms with Gasteiger partial charge < -0.3 is 0 Å². The van der Waals surface area contributed by atoms with Crippen LogP contribution < -0.4 is 0 Å². The third-order valence-corrected chi connectivity index (χ3v) is 6.48. The summed E-state index contributed by atoms with van der Waals surface area (Å²) in [6.45, 7) is 4.82. The lowest BCUT2D eigenvalue weighted by Gasteiger charge is -2.38. The van der Waals surface area contributed by atoms with Crippen molar-refractivity contribution in [1.82, 2.24) is 0 Å². The van der Waals surface area contributed by atoms with E-state index in [1.165, 1.54) is 31.0 Å². The van der Waals surface area contributed by atoms with Gasteiger partial charge in [0.05, 0.1) is 0 Å². The summed E-state index contributed by atoms with van der Waals surface area (Å²) in [5.41, 5.74) is 1.28. The Balaban J connectivity index is 1.63. The lowest BCUT2D eigenvalue weighted by Crippen LogP contribution is -2.32. The van der Waals surface area contributed by atoms with Gasteiger partial charge in [-0.1, -0.05) is 55.9 Å². The summed E-state index contributed by atoms with van der Waals surface area (Å²) in [7, 11) is 0. The normalized spacial score (nSPS) is 31.6. The Morgan fingerprint density at radius 3 is 2.63 bits per heavy atom. The summed E-state index contributed by atoms with van der Waals surface area (Å²) < 4.78 is 0. The Morgan fingerprint density at radius 2 is 2.00 bits per heavy atom. The van der Waals surface area contributed by atoms with Crippen LogP contribution >= 0.6 is 11.8 Å². The van der Waals surface area contributed by atoms with Crippen LogP contribution in [0.3, 0.4) is 0 Å². The Bertz CT molecular complexity index is 465. The molecule has 0 heterocycles. The highest BCUT2D eigenvalue weighted by molar-refractivity contribution is 8.14. The van der Waals surface area contributed by atoms with Crippen molar-refractivity contribution in [2.45, 2.75) is 33.1 Å². The van der Waals surface area contributed by atoms with E-state index < -0.39 is 0 Å². The van der Waals surface area contributed by atoms with Crippen molar-refractivity contribution in [2.24, 2.45) is 23.2 Å². The van der Waals surface area contributed by atoms with Crippen LogP contribution in [0.2, 0.25) is 0 Å². The number of rotatable bonds is 3. The van der Waals surface area contributed by atoms with Crippen molar-refractivity contribution in [3.8, 4) is 0 Å². The summed E-state index contributed by atoms with van der Waals surface area (Å²) in [5.74, 6) is 3.50. The molecular formula is C17H22OS. The minimum atomic E-state index is 0.235. The van der Waals surface area contributed by atoms with Crippen molar-refractivity contribution in [3.63, 3.8) is 0 Å². The predicted molar refractivity (Wildman–Crippen MR) is 81.3 cm³/mol. The molecule has 0 amide bonds. The average Bonchev–Trinajstić information content (AvgIpc) is 2.97. The maximum Gasteiger partial charge on any atom is 0.219 e. The van der Waals surface area contributed by atoms with Crippen LogP contribution in [0.5, 0.6) is 0 Å². The van der Waals surface area contributed by atoms with Gasteiger partial charge in [-0.3, -0.25) is 4.79 Å². The molecule has 2 aliphatic rings. The highest BCUT2D eigenvalue weighted by Crippen LogP contribution is 2.59. The third kappa shape index (κ3) is 2.35. The van der Waals surface area contributed by atoms with E-state index in [2.05, 4.69) is 13.8 Å². The van der Waals surface area contributed by atoms with Gasteiger partial charge in [0.25, 0.3) is 0 Å². The summed E-state index contributed by atoms with van der Waals surface area (Å²) in [6, 6.07) is 9.67. The van der Waals surface area contributed by atoms with Gasteiger partial charge in [0.1, 0.15) is 0 Å². The molecule has 2 fully saturated rings. The summed E-state index contributed by atoms with van der Waals surface area (Å²) in [4.78, 5) is 12.2. The van der Waals surface area contributed by atoms with Crippen LogP contribution in [0.1, 0.15) is 43.5 Å². The van der Waals surface area contributed by atoms with Gasteiger partial charge in [-0.2, -0.15) is 0 Å². The van der Waals surface area contributed by atoms with Crippen LogP contribution in [0.4, 0.5) is 0 Å². The van der Waals surface area contributed by atoms with Gasteiger partial charge >= 0.3 is 0 Å². The molecule has 1 aromatic carbocycles. The Hall–Kier alpha value is -0.760. The molecule has 102 valence electrons. The molecule has 2 heteroatoms. The Kier molecular flexibility index (Phi) is 3.46. The topological polar surface area (TPSA) is 17.1 Å². The SMILES string of the molecule is CC1(C)C(CSC(=O)c2ccccc2)[C@H]2CC[C@@H]1C2. The standard InChI is InChI=1S/C17H22OS/c1-17(2)14-9-8-13(10-14)15(17)11-19-16(18)12-6-4-3-5-7-12/h3-7,13-15H,8-11H2,1-2H3/t13-,14+,15?/m0/s1. The quantitative estimate of drug-likeness (QED) is 0.799. The Morgan fingerprint density at radius 1 is 1.26 bits per heavy atom. The van der Waals surface area contributed by atoms with E-state index in [0.29, 0.717) is 5.41 Å². The molecule has 2 bridgehead atoms. The smallest absolute Gasteiger partial charge is 0.219 e. The predicted octanol–water partition coefficient (Wildman–Crippen LogP) is 4.63. The largest absolute Gasteiger partial charge is 0.282 e. The number of thioether (sulfide) groups is 1. The van der Waals surface area contributed by atoms with Gasteiger partial charge in [-0.05, 0) is 42.4 Å². The molecule has 3 rings (SSSR count). The highest BCUT2D eigenvalue weighted by atomic mass is 32.2. The molecule has 1 nitrogen and oxygen atoms in total. The molecule has 1 unspecified atom stereocenters. The average molecular weight is 274 g/mol. The molecule has 0 aliphatic heterocycles. The second kappa shape index (κ2) is 4.97. The number of hydrogen-bond acceptors (Lipinski definition) is 2. The number of hydrogen-bond donors (Lipinski definition) is 0. The van der Waals surface area contributed by atoms with Crippen molar-refractivity contribution in [3.05, 3.63) is 35.9 Å². The monoisotopic (exact) mass is 274 g/mol. The minimum absolute atomic E-state index is 0.235. The summed E-state index contributed by atoms with van der Waals surface area (Å²) in [6.07, 6.45) is 4.20. The molecule has 3 atom stereocenters. The van der Waals surface area contributed by atoms with E-state index in [-0.39, 0.29) is 5.12 Å². The lowest BCUT2D eigenvalue weighted by molar-refractivity contribution is 0.108. The van der Waals surface area contributed by atoms with Crippen LogP contribution in [0, 0.1) is 23.2 Å². The molecule has 0 N–H and O–H groups in total. The van der Waals surface area contributed by atoms with Crippen molar-refractivity contribution in [1.29, 1.82) is 0 Å². The fourth-order valence-corrected chi connectivity index (χ4v) is 5.48. The molecule has 2 aliphatic carbocycles. The lowest BCUT2D eigenvalue weighted by atomic mass is 9.69. The number of fused-ring (bicyclic) bond motifs is 2. The zero-order valence-electron chi connectivity index (χ0n) is 11.8. The molecule has 0 radical (unpaired) electrons. The van der Waals surface area contributed by atoms with Crippen LogP contribution in [-0.4, -0.2) is 10.9 Å². The maximum absolute atomic E-state index is 12.2. The third-order valence-electron chi connectivity index (χ3n) is 5.45. The zero-order chi connectivity index (χ0) is 13.5. The number of benzene rings is 1. The maximum atomic E-state index is 12.2. The molecule has 0 spiro atoms. The highest BCUT2D eigenvalue weighted by Gasteiger charge is 2.52. The zero-order valence-corrected chi connectivity index (χ0v) is 12.6. The molecule has 2 saturated carbocycles. The van der Waals surface area contributed by atoms with E-state index in [1.54, 1.807) is 0 Å². The van der Waals surface area contributed by atoms with Gasteiger partial charge in [-0.15, -0.1) is 0 Å². The van der Waals surface area contributed by atoms with E-state index in [0.717, 1.165) is 29.1 Å². The van der Waals surface area contributed by atoms with Crippen LogP contribution in [0.15, 0.2) is 30.3 Å². The second-order valence-electron chi connectivity index (χ2n) is 6.66. The Labute approximate surface area is 120 Å².